The van der Waals surface area contributed by atoms with Gasteiger partial charge in [0.05, 0.1) is 0 Å². The third-order valence-corrected chi connectivity index (χ3v) is 3.50. The Morgan fingerprint density at radius 2 is 2.15 bits per heavy atom. The van der Waals surface area contributed by atoms with Crippen molar-refractivity contribution in [3.8, 4) is 0 Å². The molecule has 0 saturated carbocycles. The Morgan fingerprint density at radius 3 is 2.80 bits per heavy atom. The van der Waals surface area contributed by atoms with E-state index in [0.29, 0.717) is 5.56 Å². The first-order chi connectivity index (χ1) is 9.56. The second-order valence-electron chi connectivity index (χ2n) is 4.88. The summed E-state index contributed by atoms with van der Waals surface area (Å²) in [5, 5.41) is 6.82. The van der Waals surface area contributed by atoms with E-state index in [2.05, 4.69) is 15.0 Å². The summed E-state index contributed by atoms with van der Waals surface area (Å²) in [6.45, 7) is 5.41. The van der Waals surface area contributed by atoms with Gasteiger partial charge in [0.25, 0.3) is 5.91 Å². The van der Waals surface area contributed by atoms with Crippen LogP contribution in [0.15, 0.2) is 0 Å². The lowest BCUT2D eigenvalue weighted by atomic mass is 10.2. The maximum absolute atomic E-state index is 12.1. The van der Waals surface area contributed by atoms with E-state index in [0.717, 1.165) is 37.4 Å². The number of ether oxygens (including phenoxy) is 1. The van der Waals surface area contributed by atoms with Gasteiger partial charge in [-0.15, -0.1) is 0 Å². The molecule has 0 spiro atoms. The molecule has 4 N–H and O–H groups in total. The van der Waals surface area contributed by atoms with Gasteiger partial charge in [-0.1, -0.05) is 0 Å². The van der Waals surface area contributed by atoms with Crippen molar-refractivity contribution in [2.24, 2.45) is 0 Å². The Labute approximate surface area is 124 Å². The van der Waals surface area contributed by atoms with Crippen LogP contribution in [-0.4, -0.2) is 36.6 Å². The summed E-state index contributed by atoms with van der Waals surface area (Å²) >= 11 is 1.23. The lowest BCUT2D eigenvalue weighted by Crippen LogP contribution is -2.30. The van der Waals surface area contributed by atoms with Crippen molar-refractivity contribution in [2.75, 3.05) is 31.3 Å². The fourth-order valence-corrected chi connectivity index (χ4v) is 2.46. The van der Waals surface area contributed by atoms with Gasteiger partial charge in [0.15, 0.2) is 5.82 Å². The smallest absolute Gasteiger partial charge is 0.258 e. The topological polar surface area (TPSA) is 89.3 Å². The average Bonchev–Trinajstić information content (AvgIpc) is 2.74. The van der Waals surface area contributed by atoms with E-state index in [1.54, 1.807) is 7.11 Å². The monoisotopic (exact) mass is 300 g/mol. The van der Waals surface area contributed by atoms with Crippen LogP contribution in [0.2, 0.25) is 0 Å². The first-order valence-corrected chi connectivity index (χ1v) is 7.62. The SMILES string of the molecule is COCCCCCNc1snc(N)c1C(=O)NC(C)C. The minimum absolute atomic E-state index is 0.0729. The molecule has 0 radical (unpaired) electrons. The van der Waals surface area contributed by atoms with Crippen LogP contribution in [0.1, 0.15) is 43.5 Å². The van der Waals surface area contributed by atoms with Crippen molar-refractivity contribution >= 4 is 28.3 Å². The number of carbonyl (C=O) groups is 1. The highest BCUT2D eigenvalue weighted by Gasteiger charge is 2.19. The fourth-order valence-electron chi connectivity index (χ4n) is 1.73. The molecular weight excluding hydrogens is 276 g/mol. The van der Waals surface area contributed by atoms with Gasteiger partial charge in [-0.3, -0.25) is 4.79 Å². The highest BCUT2D eigenvalue weighted by atomic mass is 32.1. The van der Waals surface area contributed by atoms with E-state index in [-0.39, 0.29) is 17.8 Å². The average molecular weight is 300 g/mol. The van der Waals surface area contributed by atoms with Gasteiger partial charge >= 0.3 is 0 Å². The Hall–Kier alpha value is -1.34. The first kappa shape index (κ1) is 16.7. The van der Waals surface area contributed by atoms with Gasteiger partial charge in [-0.05, 0) is 44.6 Å². The molecule has 1 heterocycles. The van der Waals surface area contributed by atoms with Crippen molar-refractivity contribution in [1.82, 2.24) is 9.69 Å². The number of rotatable bonds is 9. The maximum atomic E-state index is 12.1. The van der Waals surface area contributed by atoms with E-state index in [1.807, 2.05) is 13.8 Å². The quantitative estimate of drug-likeness (QED) is 0.608. The van der Waals surface area contributed by atoms with Crippen LogP contribution in [0.5, 0.6) is 0 Å². The number of hydrogen-bond donors (Lipinski definition) is 3. The number of nitrogens with two attached hydrogens (primary N) is 1. The molecule has 1 amide bonds. The summed E-state index contributed by atoms with van der Waals surface area (Å²) in [4.78, 5) is 12.1. The number of methoxy groups -OCH3 is 1. The third-order valence-electron chi connectivity index (χ3n) is 2.68. The van der Waals surface area contributed by atoms with Crippen LogP contribution in [0.4, 0.5) is 10.8 Å². The fraction of sp³-hybridized carbons (Fsp3) is 0.692. The molecule has 0 saturated heterocycles. The minimum Gasteiger partial charge on any atom is -0.385 e. The molecule has 0 bridgehead atoms. The van der Waals surface area contributed by atoms with Gasteiger partial charge in [0, 0.05) is 26.3 Å². The largest absolute Gasteiger partial charge is 0.385 e. The first-order valence-electron chi connectivity index (χ1n) is 6.85. The van der Waals surface area contributed by atoms with E-state index in [1.165, 1.54) is 11.5 Å². The molecule has 0 unspecified atom stereocenters. The van der Waals surface area contributed by atoms with Crippen molar-refractivity contribution in [1.29, 1.82) is 0 Å². The van der Waals surface area contributed by atoms with Crippen LogP contribution in [0, 0.1) is 0 Å². The summed E-state index contributed by atoms with van der Waals surface area (Å²) in [7, 11) is 1.71. The number of amides is 1. The molecule has 0 atom stereocenters. The van der Waals surface area contributed by atoms with Crippen LogP contribution >= 0.6 is 11.5 Å². The minimum atomic E-state index is -0.173. The molecule has 114 valence electrons. The van der Waals surface area contributed by atoms with E-state index >= 15 is 0 Å². The summed E-state index contributed by atoms with van der Waals surface area (Å²) < 4.78 is 9.05. The zero-order chi connectivity index (χ0) is 15.0. The van der Waals surface area contributed by atoms with Gasteiger partial charge in [0.1, 0.15) is 10.6 Å². The van der Waals surface area contributed by atoms with Crippen LogP contribution in [0.25, 0.3) is 0 Å². The summed E-state index contributed by atoms with van der Waals surface area (Å²) in [6, 6.07) is 0.0729. The Morgan fingerprint density at radius 1 is 1.40 bits per heavy atom. The Kier molecular flexibility index (Phi) is 7.32. The third kappa shape index (κ3) is 5.34. The molecule has 0 aromatic carbocycles. The van der Waals surface area contributed by atoms with E-state index in [9.17, 15) is 4.79 Å². The van der Waals surface area contributed by atoms with Gasteiger partial charge in [-0.25, -0.2) is 0 Å². The summed E-state index contributed by atoms with van der Waals surface area (Å²) in [5.74, 6) is 0.114. The predicted molar refractivity (Wildman–Crippen MR) is 83.3 cm³/mol. The Balaban J connectivity index is 2.48. The molecule has 0 aliphatic carbocycles. The molecule has 0 aliphatic heterocycles. The molecule has 1 aromatic rings. The number of anilines is 2. The normalized spacial score (nSPS) is 10.8. The Bertz CT molecular complexity index is 421. The van der Waals surface area contributed by atoms with Crippen LogP contribution < -0.4 is 16.4 Å². The van der Waals surface area contributed by atoms with Crippen molar-refractivity contribution in [3.63, 3.8) is 0 Å². The zero-order valence-corrected chi connectivity index (χ0v) is 13.2. The number of nitrogen functional groups attached to an aromatic ring is 1. The van der Waals surface area contributed by atoms with Crippen LogP contribution in [-0.2, 0) is 4.74 Å². The number of nitrogens with zero attached hydrogens (tertiary/aromatic N) is 1. The standard InChI is InChI=1S/C13H24N4O2S/c1-9(2)16-12(18)10-11(14)17-20-13(10)15-7-5-4-6-8-19-3/h9,15H,4-8H2,1-3H3,(H2,14,17)(H,16,18). The number of aromatic nitrogens is 1. The predicted octanol–water partition coefficient (Wildman–Crippen LogP) is 2.09. The van der Waals surface area contributed by atoms with Crippen LogP contribution in [0.3, 0.4) is 0 Å². The molecule has 7 heteroatoms. The highest BCUT2D eigenvalue weighted by Crippen LogP contribution is 2.26. The molecule has 20 heavy (non-hydrogen) atoms. The molecule has 1 rings (SSSR count). The molecule has 6 nitrogen and oxygen atoms in total. The van der Waals surface area contributed by atoms with Crippen molar-refractivity contribution < 1.29 is 9.53 Å². The number of carbonyl (C=O) groups excluding carboxylic acids is 1. The van der Waals surface area contributed by atoms with E-state index < -0.39 is 0 Å². The zero-order valence-electron chi connectivity index (χ0n) is 12.4. The molecule has 0 aliphatic rings. The summed E-state index contributed by atoms with van der Waals surface area (Å²) in [5.41, 5.74) is 6.23. The van der Waals surface area contributed by atoms with Crippen molar-refractivity contribution in [3.05, 3.63) is 5.56 Å². The second kappa shape index (κ2) is 8.76. The molecule has 0 fully saturated rings. The molecular formula is C13H24N4O2S. The van der Waals surface area contributed by atoms with E-state index in [4.69, 9.17) is 10.5 Å². The summed E-state index contributed by atoms with van der Waals surface area (Å²) in [6.07, 6.45) is 3.15. The number of nitrogens with one attached hydrogen (secondary N) is 2. The number of unbranched alkanes of at least 4 members (excludes halogenated alkanes) is 2. The maximum Gasteiger partial charge on any atom is 0.258 e. The molecule has 1 aromatic heterocycles. The van der Waals surface area contributed by atoms with Crippen molar-refractivity contribution in [2.45, 2.75) is 39.2 Å². The lowest BCUT2D eigenvalue weighted by Gasteiger charge is -2.10. The number of hydrogen-bond acceptors (Lipinski definition) is 6. The van der Waals surface area contributed by atoms with Gasteiger partial charge in [-0.2, -0.15) is 4.37 Å². The highest BCUT2D eigenvalue weighted by molar-refractivity contribution is 7.11. The van der Waals surface area contributed by atoms with Gasteiger partial charge < -0.3 is 21.1 Å². The lowest BCUT2D eigenvalue weighted by molar-refractivity contribution is 0.0945. The second-order valence-corrected chi connectivity index (χ2v) is 5.65. The van der Waals surface area contributed by atoms with Gasteiger partial charge in [0.2, 0.25) is 0 Å².